The minimum Gasteiger partial charge on any atom is -0.494 e. The monoisotopic (exact) mass is 1640 g/mol. The van der Waals surface area contributed by atoms with Gasteiger partial charge in [0, 0.05) is 63.1 Å². The number of benzene rings is 1. The Kier molecular flexibility index (Phi) is 49.7. The average Bonchev–Trinajstić information content (AvgIpc) is 0.778. The first-order valence-electron chi connectivity index (χ1n) is 42.9. The van der Waals surface area contributed by atoms with Gasteiger partial charge in [-0.1, -0.05) is 200 Å². The molecule has 0 bridgehead atoms. The smallest absolute Gasteiger partial charge is 0.472 e. The molecule has 0 saturated carbocycles. The van der Waals surface area contributed by atoms with Crippen LogP contribution >= 0.6 is 7.82 Å². The summed E-state index contributed by atoms with van der Waals surface area (Å²) in [5.74, 6) is -2.55. The number of aryl methyl sites for hydroxylation is 4. The summed E-state index contributed by atoms with van der Waals surface area (Å²) in [6, 6.07) is 7.21. The van der Waals surface area contributed by atoms with Crippen molar-refractivity contribution in [2.45, 2.75) is 347 Å². The van der Waals surface area contributed by atoms with Crippen LogP contribution in [0.25, 0.3) is 0 Å². The van der Waals surface area contributed by atoms with Crippen molar-refractivity contribution < 1.29 is 79.4 Å². The predicted molar refractivity (Wildman–Crippen MR) is 448 cm³/mol. The number of methoxy groups -OCH3 is 1. The number of carbonyl (C=O) groups excluding carboxylic acids is 6. The third-order valence-corrected chi connectivity index (χ3v) is 23.2. The largest absolute Gasteiger partial charge is 0.494 e. The van der Waals surface area contributed by atoms with E-state index in [2.05, 4.69) is 57.1 Å². The van der Waals surface area contributed by atoms with Crippen LogP contribution in [0.15, 0.2) is 38.8 Å². The molecule has 1 aliphatic rings. The zero-order valence-corrected chi connectivity index (χ0v) is 72.3. The number of nitrogens with zero attached hydrogens (tertiary/aromatic N) is 1. The number of anilines is 3. The number of unbranched alkanes of at least 4 members (excludes halogenated alkanes) is 29. The number of carbonyl (C=O) groups is 6. The fraction of sp³-hybridized carbons (Fsp3) is 0.753. The highest BCUT2D eigenvalue weighted by atomic mass is 32.2. The van der Waals surface area contributed by atoms with E-state index in [0.29, 0.717) is 55.4 Å². The highest BCUT2D eigenvalue weighted by Gasteiger charge is 2.33. The van der Waals surface area contributed by atoms with E-state index >= 15 is 0 Å². The van der Waals surface area contributed by atoms with E-state index in [-0.39, 0.29) is 93.7 Å². The van der Waals surface area contributed by atoms with Crippen LogP contribution in [0.2, 0.25) is 0 Å². The lowest BCUT2D eigenvalue weighted by molar-refractivity contribution is -0.161. The van der Waals surface area contributed by atoms with Gasteiger partial charge in [-0.15, -0.1) is 0 Å². The van der Waals surface area contributed by atoms with Crippen LogP contribution in [0, 0.1) is 13.8 Å². The topological polar surface area (TPSA) is 370 Å². The third kappa shape index (κ3) is 42.5. The number of phosphoric acid groups is 1. The molecule has 2 heterocycles. The number of ether oxygens (including phenoxy) is 5. The Morgan fingerprint density at radius 3 is 1.72 bits per heavy atom. The maximum absolute atomic E-state index is 13.7. The fourth-order valence-electron chi connectivity index (χ4n) is 13.7. The number of sulfone groups is 1. The normalized spacial score (nSPS) is 13.4. The summed E-state index contributed by atoms with van der Waals surface area (Å²) in [7, 11) is -7.68. The molecule has 2 aromatic carbocycles. The van der Waals surface area contributed by atoms with Crippen LogP contribution in [-0.2, 0) is 84.0 Å². The second kappa shape index (κ2) is 56.7. The van der Waals surface area contributed by atoms with Crippen molar-refractivity contribution in [1.29, 1.82) is 0 Å². The van der Waals surface area contributed by atoms with Gasteiger partial charge in [0.25, 0.3) is 16.8 Å². The Morgan fingerprint density at radius 2 is 1.15 bits per heavy atom. The van der Waals surface area contributed by atoms with Crippen LogP contribution in [-0.4, -0.2) is 150 Å². The Labute approximate surface area is 680 Å². The third-order valence-electron chi connectivity index (χ3n) is 20.4. The van der Waals surface area contributed by atoms with E-state index in [1.54, 1.807) is 53.7 Å². The van der Waals surface area contributed by atoms with Crippen molar-refractivity contribution in [2.24, 2.45) is 0 Å². The molecule has 4 rings (SSSR count). The number of hydrogen-bond acceptors (Lipinski definition) is 23. The van der Waals surface area contributed by atoms with Gasteiger partial charge in [-0.25, -0.2) is 22.8 Å². The number of pyridine rings is 1. The summed E-state index contributed by atoms with van der Waals surface area (Å²) in [5, 5.41) is 20.0. The van der Waals surface area contributed by atoms with Crippen LogP contribution in [0.3, 0.4) is 0 Å². The predicted octanol–water partition coefficient (Wildman–Crippen LogP) is 15.0. The van der Waals surface area contributed by atoms with Crippen molar-refractivity contribution in [1.82, 2.24) is 26.3 Å². The number of fused-ring (bicyclic) bond motifs is 1. The molecule has 0 saturated heterocycles. The Bertz CT molecular complexity index is 3530. The molecule has 3 aromatic rings. The van der Waals surface area contributed by atoms with Crippen molar-refractivity contribution in [3.8, 4) is 5.75 Å². The van der Waals surface area contributed by atoms with E-state index in [0.717, 1.165) is 76.5 Å². The quantitative estimate of drug-likeness (QED) is 0.00650. The number of phosphoric ester groups is 1. The van der Waals surface area contributed by atoms with Crippen molar-refractivity contribution in [3.63, 3.8) is 0 Å². The first-order valence-corrected chi connectivity index (χ1v) is 46.1. The number of aromatic nitrogens is 1. The lowest BCUT2D eigenvalue weighted by Gasteiger charge is -2.31. The molecule has 648 valence electrons. The van der Waals surface area contributed by atoms with Gasteiger partial charge in [0.05, 0.1) is 38.4 Å². The molecule has 27 nitrogen and oxygen atoms in total. The Morgan fingerprint density at radius 1 is 0.614 bits per heavy atom. The molecular weight excluding hydrogens is 1500 g/mol. The zero-order valence-electron chi connectivity index (χ0n) is 70.6. The molecule has 8 N–H and O–H groups in total. The SMILES string of the molecule is CCCCCCCCCCCCCCCCCC(=O)OCC(COP(=O)(O)OCCNC(=O)C(C)(C)OCCC(C)(C)Nc1c(NCCNC(=O)CCCOc2cc(C)c(S(=O)(=O)CNC(NC(=O)CCCCc3ccc4c(n3)NCCC4)C(=O)OC)c(C)c2)c(=O)c1=O)OC(=O)CCCCCCCCCCCCCCCCC. The lowest BCUT2D eigenvalue weighted by Crippen LogP contribution is -2.52. The van der Waals surface area contributed by atoms with Gasteiger partial charge in [-0.3, -0.25) is 47.9 Å². The van der Waals surface area contributed by atoms with E-state index in [1.807, 2.05) is 6.07 Å². The summed E-state index contributed by atoms with van der Waals surface area (Å²) < 4.78 is 78.8. The minimum atomic E-state index is -4.76. The van der Waals surface area contributed by atoms with E-state index in [4.69, 9.17) is 37.7 Å². The average molecular weight is 1640 g/mol. The second-order valence-electron chi connectivity index (χ2n) is 31.7. The van der Waals surface area contributed by atoms with Crippen LogP contribution in [0.5, 0.6) is 5.75 Å². The molecule has 29 heteroatoms. The molecule has 3 atom stereocenters. The highest BCUT2D eigenvalue weighted by Crippen LogP contribution is 2.43. The fourth-order valence-corrected chi connectivity index (χ4v) is 16.0. The molecule has 114 heavy (non-hydrogen) atoms. The number of hydrogen-bond donors (Lipinski definition) is 8. The van der Waals surface area contributed by atoms with E-state index in [9.17, 15) is 56.2 Å². The van der Waals surface area contributed by atoms with Gasteiger partial charge in [0.1, 0.15) is 41.0 Å². The molecule has 0 aliphatic carbocycles. The first-order chi connectivity index (χ1) is 54.6. The van der Waals surface area contributed by atoms with E-state index < -0.39 is 101 Å². The lowest BCUT2D eigenvalue weighted by atomic mass is 9.99. The summed E-state index contributed by atoms with van der Waals surface area (Å²) in [6.07, 6.45) is 38.2. The van der Waals surface area contributed by atoms with Crippen LogP contribution in [0.1, 0.15) is 314 Å². The number of rotatable bonds is 69. The molecule has 3 amide bonds. The van der Waals surface area contributed by atoms with Gasteiger partial charge >= 0.3 is 25.7 Å². The van der Waals surface area contributed by atoms with Crippen molar-refractivity contribution in [3.05, 3.63) is 67.1 Å². The summed E-state index contributed by atoms with van der Waals surface area (Å²) in [6.45, 7) is 14.0. The van der Waals surface area contributed by atoms with Gasteiger partial charge in [0.15, 0.2) is 22.1 Å². The molecule has 1 aromatic heterocycles. The molecule has 0 radical (unpaired) electrons. The highest BCUT2D eigenvalue weighted by molar-refractivity contribution is 7.91. The number of amides is 3. The first kappa shape index (κ1) is 99.8. The summed E-state index contributed by atoms with van der Waals surface area (Å²) >= 11 is 0. The van der Waals surface area contributed by atoms with E-state index in [1.165, 1.54) is 147 Å². The standard InChI is InChI=1S/C85H143N8O19PS/c1-10-12-14-16-18-20-22-24-26-28-30-32-34-36-38-48-73(96)108-62-70(112-74(97)49-39-37-35-33-31-29-27-25-23-21-19-17-15-13-11-2)63-111-113(102,103)110-59-56-89-83(101)85(7,8)109-58-52-84(5,6)93-76-75(77(98)78(76)99)87-55-54-86-71(94)47-43-57-107-69-60-65(3)79(66(4)61-69)114(104,105)64-90-81(82(100)106-9)92-72(95)46-41-40-45-68-51-50-67-44-42-53-88-80(67)91-68/h50-51,60-61,70,81,87,90,93H,10-49,52-59,62-64H2,1-9H3,(H,86,94)(H,88,91)(H,89,101)(H,92,95)(H,102,103). The maximum Gasteiger partial charge on any atom is 0.472 e. The maximum atomic E-state index is 13.7. The minimum absolute atomic E-state index is 0.0263. The molecular formula is C85H143N8O19PS. The van der Waals surface area contributed by atoms with Gasteiger partial charge < -0.3 is 60.5 Å². The zero-order chi connectivity index (χ0) is 83.5. The Balaban J connectivity index is 1.12. The number of esters is 3. The molecule has 0 fully saturated rings. The van der Waals surface area contributed by atoms with Gasteiger partial charge in [-0.2, -0.15) is 0 Å². The van der Waals surface area contributed by atoms with Crippen molar-refractivity contribution in [2.75, 3.05) is 88.2 Å². The number of nitrogens with one attached hydrogen (secondary N) is 7. The summed E-state index contributed by atoms with van der Waals surface area (Å²) in [5.41, 5.74) is -0.642. The second-order valence-corrected chi connectivity index (χ2v) is 35.1. The van der Waals surface area contributed by atoms with Crippen LogP contribution in [0.4, 0.5) is 17.2 Å². The van der Waals surface area contributed by atoms with Crippen molar-refractivity contribution >= 4 is 70.5 Å². The Hall–Kier alpha value is -6.55. The molecule has 0 spiro atoms. The molecule has 3 unspecified atom stereocenters. The molecule has 1 aliphatic heterocycles. The van der Waals surface area contributed by atoms with Gasteiger partial charge in [0.2, 0.25) is 11.8 Å². The summed E-state index contributed by atoms with van der Waals surface area (Å²) in [4.78, 5) is 118. The van der Waals surface area contributed by atoms with Crippen LogP contribution < -0.4 is 52.8 Å². The van der Waals surface area contributed by atoms with Gasteiger partial charge in [-0.05, 0) is 134 Å².